The second-order valence-corrected chi connectivity index (χ2v) is 8.17. The van der Waals surface area contributed by atoms with E-state index in [1.54, 1.807) is 12.4 Å². The Labute approximate surface area is 179 Å². The van der Waals surface area contributed by atoms with Crippen LogP contribution in [0.5, 0.6) is 0 Å². The first-order valence-corrected chi connectivity index (χ1v) is 10.8. The number of rotatable bonds is 8. The monoisotopic (exact) mass is 413 g/mol. The first kappa shape index (κ1) is 21.6. The number of hydrogen-bond donors (Lipinski definition) is 2. The Morgan fingerprint density at radius 2 is 2.21 bits per heavy atom. The summed E-state index contributed by atoms with van der Waals surface area (Å²) in [5, 5.41) is 8.23. The molecule has 0 aromatic rings. The van der Waals surface area contributed by atoms with Gasteiger partial charge in [0, 0.05) is 61.3 Å². The molecule has 3 aliphatic rings. The molecule has 0 radical (unpaired) electrons. The number of nitrogens with zero attached hydrogens (tertiary/aromatic N) is 3. The molecule has 1 heterocycles. The van der Waals surface area contributed by atoms with E-state index in [4.69, 9.17) is 11.6 Å². The quantitative estimate of drug-likeness (QED) is 0.461. The summed E-state index contributed by atoms with van der Waals surface area (Å²) in [7, 11) is 0. The van der Waals surface area contributed by atoms with Crippen molar-refractivity contribution < 1.29 is 0 Å². The maximum absolute atomic E-state index is 6.73. The summed E-state index contributed by atoms with van der Waals surface area (Å²) in [6.07, 6.45) is 16.0. The lowest BCUT2D eigenvalue weighted by Gasteiger charge is -2.38. The molecular weight excluding hydrogens is 382 g/mol. The van der Waals surface area contributed by atoms with E-state index in [9.17, 15) is 0 Å². The van der Waals surface area contributed by atoms with Gasteiger partial charge in [0.05, 0.1) is 11.4 Å². The van der Waals surface area contributed by atoms with Gasteiger partial charge in [-0.05, 0) is 44.6 Å². The van der Waals surface area contributed by atoms with Crippen molar-refractivity contribution in [2.45, 2.75) is 45.1 Å². The van der Waals surface area contributed by atoms with Crippen LogP contribution in [0, 0.1) is 0 Å². The van der Waals surface area contributed by atoms with Crippen molar-refractivity contribution in [1.29, 1.82) is 0 Å². The van der Waals surface area contributed by atoms with Crippen LogP contribution < -0.4 is 10.6 Å². The molecule has 0 bridgehead atoms. The lowest BCUT2D eigenvalue weighted by Crippen LogP contribution is -2.52. The number of aliphatic imine (C=N–C) groups is 2. The van der Waals surface area contributed by atoms with Crippen molar-refractivity contribution in [2.75, 3.05) is 26.2 Å². The summed E-state index contributed by atoms with van der Waals surface area (Å²) >= 11 is 6.73. The highest BCUT2D eigenvalue weighted by molar-refractivity contribution is 6.30. The van der Waals surface area contributed by atoms with E-state index in [1.165, 1.54) is 18.4 Å². The molecule has 1 saturated heterocycles. The fourth-order valence-electron chi connectivity index (χ4n) is 3.79. The predicted octanol–water partition coefficient (Wildman–Crippen LogP) is 4.28. The average molecular weight is 414 g/mol. The molecule has 0 aromatic heterocycles. The molecule has 1 aliphatic heterocycles. The Balaban J connectivity index is 1.65. The average Bonchev–Trinajstić information content (AvgIpc) is 3.49. The van der Waals surface area contributed by atoms with Gasteiger partial charge in [-0.25, -0.2) is 0 Å². The third kappa shape index (κ3) is 5.71. The predicted molar refractivity (Wildman–Crippen MR) is 124 cm³/mol. The van der Waals surface area contributed by atoms with E-state index in [0.29, 0.717) is 5.54 Å². The molecule has 0 aromatic carbocycles. The van der Waals surface area contributed by atoms with Gasteiger partial charge in [0.25, 0.3) is 0 Å². The standard InChI is InChI=1S/C23H32ClN5/c1-4-20(24)22(29-15-14-28-23(17-29)10-11-23)21(5-2)27-16-18-6-8-19(9-7-18)26-13-12-25-3/h5-8,12-13,27-28H,3-4,9-11,14-17H2,1-2H3/b13-12-,21-5+,22-20-,26-19?. The van der Waals surface area contributed by atoms with E-state index in [2.05, 4.69) is 70.4 Å². The smallest absolute Gasteiger partial charge is 0.0746 e. The van der Waals surface area contributed by atoms with Gasteiger partial charge < -0.3 is 15.5 Å². The molecule has 2 fully saturated rings. The van der Waals surface area contributed by atoms with Crippen molar-refractivity contribution in [3.05, 3.63) is 58.7 Å². The molecule has 156 valence electrons. The number of halogens is 1. The van der Waals surface area contributed by atoms with Gasteiger partial charge in [0.2, 0.25) is 0 Å². The lowest BCUT2D eigenvalue weighted by atomic mass is 10.0. The van der Waals surface area contributed by atoms with Gasteiger partial charge in [-0.15, -0.1) is 0 Å². The van der Waals surface area contributed by atoms with Gasteiger partial charge in [-0.2, -0.15) is 0 Å². The highest BCUT2D eigenvalue weighted by Gasteiger charge is 2.46. The number of piperazine rings is 1. The summed E-state index contributed by atoms with van der Waals surface area (Å²) < 4.78 is 0. The zero-order valence-corrected chi connectivity index (χ0v) is 18.3. The topological polar surface area (TPSA) is 52.0 Å². The molecule has 0 amide bonds. The molecule has 5 nitrogen and oxygen atoms in total. The fourth-order valence-corrected chi connectivity index (χ4v) is 4.01. The Bertz CT molecular complexity index is 796. The third-order valence-electron chi connectivity index (χ3n) is 5.61. The normalized spacial score (nSPS) is 23.4. The van der Waals surface area contributed by atoms with Gasteiger partial charge in [0.1, 0.15) is 0 Å². The Kier molecular flexibility index (Phi) is 7.51. The third-order valence-corrected chi connectivity index (χ3v) is 6.06. The summed E-state index contributed by atoms with van der Waals surface area (Å²) in [6.45, 7) is 11.4. The lowest BCUT2D eigenvalue weighted by molar-refractivity contribution is 0.234. The molecule has 29 heavy (non-hydrogen) atoms. The highest BCUT2D eigenvalue weighted by atomic mass is 35.5. The van der Waals surface area contributed by atoms with Crippen molar-refractivity contribution in [3.8, 4) is 0 Å². The van der Waals surface area contributed by atoms with Gasteiger partial charge in [0.15, 0.2) is 0 Å². The maximum Gasteiger partial charge on any atom is 0.0746 e. The highest BCUT2D eigenvalue weighted by Crippen LogP contribution is 2.39. The van der Waals surface area contributed by atoms with Crippen LogP contribution in [0.1, 0.15) is 39.5 Å². The van der Waals surface area contributed by atoms with Crippen LogP contribution in [0.15, 0.2) is 68.7 Å². The van der Waals surface area contributed by atoms with Crippen LogP contribution in [0.25, 0.3) is 0 Å². The largest absolute Gasteiger partial charge is 0.380 e. The molecule has 0 atom stereocenters. The maximum atomic E-state index is 6.73. The van der Waals surface area contributed by atoms with Crippen LogP contribution in [-0.4, -0.2) is 49.0 Å². The Hall–Kier alpha value is -2.11. The molecule has 3 rings (SSSR count). The zero-order valence-electron chi connectivity index (χ0n) is 17.5. The van der Waals surface area contributed by atoms with E-state index in [-0.39, 0.29) is 0 Å². The van der Waals surface area contributed by atoms with Crippen LogP contribution in [0.4, 0.5) is 0 Å². The summed E-state index contributed by atoms with van der Waals surface area (Å²) in [5.74, 6) is 0. The van der Waals surface area contributed by atoms with Crippen LogP contribution in [0.3, 0.4) is 0 Å². The molecule has 2 aliphatic carbocycles. The second-order valence-electron chi connectivity index (χ2n) is 7.71. The van der Waals surface area contributed by atoms with E-state index in [1.807, 2.05) is 0 Å². The minimum absolute atomic E-state index is 0.313. The summed E-state index contributed by atoms with van der Waals surface area (Å²) in [5.41, 5.74) is 4.86. The first-order valence-electron chi connectivity index (χ1n) is 10.4. The van der Waals surface area contributed by atoms with Crippen molar-refractivity contribution >= 4 is 24.0 Å². The zero-order chi connectivity index (χ0) is 20.7. The van der Waals surface area contributed by atoms with Gasteiger partial charge in [-0.1, -0.05) is 36.8 Å². The van der Waals surface area contributed by atoms with E-state index < -0.39 is 0 Å². The first-order chi connectivity index (χ1) is 14.1. The van der Waals surface area contributed by atoms with Crippen molar-refractivity contribution in [2.24, 2.45) is 9.98 Å². The molecule has 2 N–H and O–H groups in total. The number of allylic oxidation sites excluding steroid dienone is 4. The fraction of sp³-hybridized carbons (Fsp3) is 0.478. The molecule has 1 spiro atoms. The second kappa shape index (κ2) is 10.1. The van der Waals surface area contributed by atoms with Crippen molar-refractivity contribution in [1.82, 2.24) is 15.5 Å². The molecule has 1 saturated carbocycles. The Morgan fingerprint density at radius 3 is 2.83 bits per heavy atom. The minimum Gasteiger partial charge on any atom is -0.380 e. The van der Waals surface area contributed by atoms with Gasteiger partial charge >= 0.3 is 0 Å². The minimum atomic E-state index is 0.313. The summed E-state index contributed by atoms with van der Waals surface area (Å²) in [4.78, 5) is 10.5. The Morgan fingerprint density at radius 1 is 1.38 bits per heavy atom. The van der Waals surface area contributed by atoms with Crippen molar-refractivity contribution in [3.63, 3.8) is 0 Å². The summed E-state index contributed by atoms with van der Waals surface area (Å²) in [6, 6.07) is 0. The van der Waals surface area contributed by atoms with Crippen LogP contribution in [0.2, 0.25) is 0 Å². The number of hydrogen-bond acceptors (Lipinski definition) is 5. The molecule has 6 heteroatoms. The number of nitrogens with one attached hydrogen (secondary N) is 2. The van der Waals surface area contributed by atoms with E-state index in [0.717, 1.165) is 61.2 Å². The van der Waals surface area contributed by atoms with E-state index >= 15 is 0 Å². The molecule has 0 unspecified atom stereocenters. The van der Waals surface area contributed by atoms with Gasteiger partial charge in [-0.3, -0.25) is 9.98 Å². The SMILES string of the molecule is C=N/C=C\N=C1C=CC(CNC(=C/C)/C(=C(/Cl)CC)N2CCNC3(CC3)C2)=CC1. The molecular formula is C23H32ClN5. The van der Waals surface area contributed by atoms with Crippen LogP contribution in [-0.2, 0) is 0 Å². The van der Waals surface area contributed by atoms with Crippen LogP contribution >= 0.6 is 11.6 Å².